The highest BCUT2D eigenvalue weighted by Crippen LogP contribution is 2.36. The molecule has 6 heterocycles. The molecule has 0 radical (unpaired) electrons. The van der Waals surface area contributed by atoms with E-state index in [0.29, 0.717) is 9.13 Å². The molecule has 398 valence electrons. The number of hydrogen-bond acceptors (Lipinski definition) is 14. The van der Waals surface area contributed by atoms with E-state index < -0.39 is 77.9 Å². The van der Waals surface area contributed by atoms with Crippen molar-refractivity contribution in [2.45, 2.75) is 116 Å². The molecule has 6 aromatic rings. The molecule has 20 nitrogen and oxygen atoms in total. The lowest BCUT2D eigenvalue weighted by molar-refractivity contribution is -0.144. The van der Waals surface area contributed by atoms with E-state index in [1.807, 2.05) is 0 Å². The van der Waals surface area contributed by atoms with Crippen LogP contribution < -0.4 is 21.3 Å². The van der Waals surface area contributed by atoms with Gasteiger partial charge in [0.2, 0.25) is 0 Å². The molecule has 0 aliphatic rings. The molecule has 0 fully saturated rings. The number of nitrogens with one attached hydrogen (secondary N) is 1. The number of nitrogens with zero attached hydrogens (tertiary/aromatic N) is 9. The number of anilines is 2. The fourth-order valence-electron chi connectivity index (χ4n) is 7.26. The second kappa shape index (κ2) is 20.2. The van der Waals surface area contributed by atoms with Crippen LogP contribution in [0.2, 0.25) is 0 Å². The minimum Gasteiger partial charge on any atom is -0.444 e. The van der Waals surface area contributed by atoms with Gasteiger partial charge in [-0.15, -0.1) is 0 Å². The summed E-state index contributed by atoms with van der Waals surface area (Å²) >= 11 is 0. The number of aromatic nitrogens is 8. The summed E-state index contributed by atoms with van der Waals surface area (Å²) in [6, 6.07) is 6.49. The maximum Gasteiger partial charge on any atom is 0.431 e. The van der Waals surface area contributed by atoms with E-state index in [2.05, 4.69) is 25.3 Å². The number of rotatable bonds is 10. The maximum atomic E-state index is 13.6. The van der Waals surface area contributed by atoms with Crippen LogP contribution in [0.15, 0.2) is 55.8 Å². The molecule has 73 heavy (non-hydrogen) atoms. The fraction of sp³-hybridized carbons (Fsp3) is 0.467. The summed E-state index contributed by atoms with van der Waals surface area (Å²) in [5.74, 6) is -0.986. The predicted octanol–water partition coefficient (Wildman–Crippen LogP) is 7.98. The van der Waals surface area contributed by atoms with E-state index in [9.17, 15) is 62.4 Å². The standard InChI is InChI=1S/C23H28F3N5O5S.C22H26F3N5O5S/c1-8-31-15(23(24,25)26)12-13-18(20(31)32)30(7)19(27-13)17-14(37(34,35)9-2)10-11-16(28-17)29(6)21(33)36-22(3,4)5;1-7-30-14(22(23,24)25)11-12-17(19(30)31)29(6)18(26-12)16-13(36(33,34)8-2)9-10-15(27-16)28-20(32)35-21(3,4)5/h10-12H,8-9H2,1-7H3;9-11H,7-8H2,1-6H3,(H,27,28,32). The number of carbonyl (C=O) groups is 2. The average Bonchev–Trinajstić information content (AvgIpc) is 3.79. The number of carbonyl (C=O) groups excluding carboxylic acids is 2. The number of pyridine rings is 4. The third kappa shape index (κ3) is 12.0. The highest BCUT2D eigenvalue weighted by Gasteiger charge is 2.38. The minimum absolute atomic E-state index is 0.00769. The maximum absolute atomic E-state index is 13.6. The van der Waals surface area contributed by atoms with Gasteiger partial charge in [0.25, 0.3) is 11.1 Å². The molecule has 2 amide bonds. The molecule has 0 aliphatic carbocycles. The Hall–Kier alpha value is -6.84. The largest absolute Gasteiger partial charge is 0.444 e. The SMILES string of the molecule is CCn1c(C(F)(F)F)cc2nc(-c3nc(N(C)C(=O)OC(C)(C)C)ccc3S(=O)(=O)CC)n(C)c2c1=O.CCn1c(C(F)(F)F)cc2nc(-c3nc(NC(=O)OC(C)(C)C)ccc3S(=O)(=O)CC)n(C)c2c1=O. The van der Waals surface area contributed by atoms with Gasteiger partial charge in [0, 0.05) is 34.2 Å². The molecule has 0 aliphatic heterocycles. The van der Waals surface area contributed by atoms with Gasteiger partial charge in [0.15, 0.2) is 31.3 Å². The zero-order chi connectivity index (χ0) is 55.3. The smallest absolute Gasteiger partial charge is 0.431 e. The van der Waals surface area contributed by atoms with E-state index in [1.54, 1.807) is 41.5 Å². The Kier molecular flexibility index (Phi) is 15.8. The molecular weight excluding hydrogens is 1020 g/mol. The summed E-state index contributed by atoms with van der Waals surface area (Å²) in [4.78, 5) is 68.2. The molecule has 0 saturated heterocycles. The molecule has 1 N–H and O–H groups in total. The van der Waals surface area contributed by atoms with Crippen molar-refractivity contribution in [3.05, 3.63) is 68.5 Å². The number of halogens is 6. The number of aryl methyl sites for hydroxylation is 2. The van der Waals surface area contributed by atoms with Gasteiger partial charge < -0.3 is 27.7 Å². The lowest BCUT2D eigenvalue weighted by atomic mass is 10.2. The zero-order valence-electron chi connectivity index (χ0n) is 42.0. The number of fused-ring (bicyclic) bond motifs is 2. The van der Waals surface area contributed by atoms with E-state index in [1.165, 1.54) is 82.2 Å². The van der Waals surface area contributed by atoms with Crippen molar-refractivity contribution in [3.8, 4) is 23.0 Å². The molecule has 0 spiro atoms. The van der Waals surface area contributed by atoms with E-state index >= 15 is 0 Å². The average molecular weight is 1070 g/mol. The zero-order valence-corrected chi connectivity index (χ0v) is 43.6. The van der Waals surface area contributed by atoms with Crippen molar-refractivity contribution < 1.29 is 62.2 Å². The summed E-state index contributed by atoms with van der Waals surface area (Å²) < 4.78 is 147. The highest BCUT2D eigenvalue weighted by atomic mass is 32.2. The summed E-state index contributed by atoms with van der Waals surface area (Å²) in [6.45, 7) is 15.1. The van der Waals surface area contributed by atoms with Crippen LogP contribution in [0.3, 0.4) is 0 Å². The summed E-state index contributed by atoms with van der Waals surface area (Å²) in [5, 5.41) is 2.40. The van der Waals surface area contributed by atoms with Crippen LogP contribution in [-0.4, -0.2) is 97.0 Å². The van der Waals surface area contributed by atoms with Gasteiger partial charge >= 0.3 is 24.5 Å². The van der Waals surface area contributed by atoms with Gasteiger partial charge in [0.1, 0.15) is 56.6 Å². The molecule has 0 aromatic carbocycles. The van der Waals surface area contributed by atoms with Crippen molar-refractivity contribution in [1.82, 2.24) is 38.2 Å². The van der Waals surface area contributed by atoms with E-state index in [4.69, 9.17) is 9.47 Å². The second-order valence-corrected chi connectivity index (χ2v) is 22.6. The molecule has 0 atom stereocenters. The minimum atomic E-state index is -4.81. The normalized spacial score (nSPS) is 12.7. The lowest BCUT2D eigenvalue weighted by Crippen LogP contribution is -2.34. The fourth-order valence-corrected chi connectivity index (χ4v) is 9.30. The number of amides is 2. The Morgan fingerprint density at radius 3 is 1.40 bits per heavy atom. The number of sulfone groups is 2. The number of hydrogen-bond donors (Lipinski definition) is 1. The molecular formula is C45H54F6N10O10S2. The van der Waals surface area contributed by atoms with Crippen molar-refractivity contribution in [2.24, 2.45) is 14.1 Å². The summed E-state index contributed by atoms with van der Waals surface area (Å²) in [5.41, 5.74) is -7.17. The first-order chi connectivity index (χ1) is 33.4. The Morgan fingerprint density at radius 1 is 0.630 bits per heavy atom. The highest BCUT2D eigenvalue weighted by molar-refractivity contribution is 7.91. The van der Waals surface area contributed by atoms with Gasteiger partial charge in [-0.25, -0.2) is 46.4 Å². The second-order valence-electron chi connectivity index (χ2n) is 18.1. The third-order valence-corrected chi connectivity index (χ3v) is 14.2. The summed E-state index contributed by atoms with van der Waals surface area (Å²) in [6.07, 6.45) is -11.2. The van der Waals surface area contributed by atoms with Crippen LogP contribution >= 0.6 is 0 Å². The van der Waals surface area contributed by atoms with Crippen LogP contribution in [0.4, 0.5) is 47.6 Å². The number of ether oxygens (including phenoxy) is 2. The third-order valence-electron chi connectivity index (χ3n) is 10.7. The van der Waals surface area contributed by atoms with Crippen molar-refractivity contribution in [3.63, 3.8) is 0 Å². The van der Waals surface area contributed by atoms with Gasteiger partial charge in [-0.3, -0.25) is 19.8 Å². The van der Waals surface area contributed by atoms with Crippen LogP contribution in [-0.2, 0) is 68.7 Å². The van der Waals surface area contributed by atoms with Crippen molar-refractivity contribution in [1.29, 1.82) is 0 Å². The topological polar surface area (TPSA) is 242 Å². The first kappa shape index (κ1) is 57.1. The molecule has 0 unspecified atom stereocenters. The van der Waals surface area contributed by atoms with Gasteiger partial charge in [-0.2, -0.15) is 26.3 Å². The Bertz CT molecular complexity index is 3500. The van der Waals surface area contributed by atoms with E-state index in [0.717, 1.165) is 17.0 Å². The van der Waals surface area contributed by atoms with Gasteiger partial charge in [0.05, 0.1) is 32.3 Å². The van der Waals surface area contributed by atoms with Crippen molar-refractivity contribution in [2.75, 3.05) is 28.8 Å². The quantitative estimate of drug-likeness (QED) is 0.128. The molecule has 6 rings (SSSR count). The van der Waals surface area contributed by atoms with Gasteiger partial charge in [-0.05, 0) is 91.8 Å². The predicted molar refractivity (Wildman–Crippen MR) is 258 cm³/mol. The van der Waals surface area contributed by atoms with Crippen LogP contribution in [0.5, 0.6) is 0 Å². The summed E-state index contributed by atoms with van der Waals surface area (Å²) in [7, 11) is -3.65. The van der Waals surface area contributed by atoms with Crippen LogP contribution in [0.25, 0.3) is 45.1 Å². The van der Waals surface area contributed by atoms with E-state index in [-0.39, 0.29) is 91.1 Å². The first-order valence-corrected chi connectivity index (χ1v) is 25.5. The first-order valence-electron chi connectivity index (χ1n) is 22.2. The Morgan fingerprint density at radius 2 is 1.03 bits per heavy atom. The lowest BCUT2D eigenvalue weighted by Gasteiger charge is -2.24. The monoisotopic (exact) mass is 1070 g/mol. The Balaban J connectivity index is 0.000000271. The van der Waals surface area contributed by atoms with Gasteiger partial charge in [-0.1, -0.05) is 13.8 Å². The number of imidazole rings is 2. The molecule has 28 heteroatoms. The number of alkyl halides is 6. The molecule has 0 saturated carbocycles. The Labute approximate surface area is 414 Å². The van der Waals surface area contributed by atoms with Crippen LogP contribution in [0, 0.1) is 0 Å². The van der Waals surface area contributed by atoms with Crippen LogP contribution in [0.1, 0.15) is 80.6 Å². The molecule has 6 aromatic heterocycles. The molecule has 0 bridgehead atoms. The van der Waals surface area contributed by atoms with Crippen molar-refractivity contribution >= 4 is 65.6 Å².